The van der Waals surface area contributed by atoms with Crippen LogP contribution in [0, 0.1) is 22.7 Å². The number of ether oxygens (including phenoxy) is 1. The maximum Gasteiger partial charge on any atom is 0.122 e. The Hall–Kier alpha value is -0.630. The lowest BCUT2D eigenvalue weighted by Crippen LogP contribution is -2.48. The number of carbonyl (C=O) groups is 1. The maximum absolute atomic E-state index is 11.0. The van der Waals surface area contributed by atoms with Gasteiger partial charge in [0, 0.05) is 6.42 Å². The van der Waals surface area contributed by atoms with Crippen LogP contribution in [0.4, 0.5) is 0 Å². The van der Waals surface area contributed by atoms with Crippen molar-refractivity contribution < 1.29 is 9.53 Å². The molecule has 0 aromatic rings. The molecule has 1 aliphatic heterocycles. The van der Waals surface area contributed by atoms with Crippen molar-refractivity contribution in [2.24, 2.45) is 22.7 Å². The minimum Gasteiger partial charge on any atom is -0.370 e. The largest absolute Gasteiger partial charge is 0.370 e. The molecule has 0 bridgehead atoms. The van der Waals surface area contributed by atoms with Gasteiger partial charge in [-0.25, -0.2) is 0 Å². The second-order valence-electron chi connectivity index (χ2n) is 9.12. The Morgan fingerprint density at radius 1 is 1.23 bits per heavy atom. The average molecular weight is 304 g/mol. The molecule has 0 amide bonds. The highest BCUT2D eigenvalue weighted by Gasteiger charge is 2.53. The summed E-state index contributed by atoms with van der Waals surface area (Å²) in [5.41, 5.74) is 2.14. The van der Waals surface area contributed by atoms with Crippen LogP contribution in [0.15, 0.2) is 11.6 Å². The fourth-order valence-electron chi connectivity index (χ4n) is 5.80. The Bertz CT molecular complexity index is 478. The predicted molar refractivity (Wildman–Crippen MR) is 89.7 cm³/mol. The summed E-state index contributed by atoms with van der Waals surface area (Å²) in [7, 11) is 0. The summed E-state index contributed by atoms with van der Waals surface area (Å²) in [5.74, 6) is 1.44. The molecule has 0 spiro atoms. The second kappa shape index (κ2) is 5.47. The first-order chi connectivity index (χ1) is 10.3. The van der Waals surface area contributed by atoms with Crippen LogP contribution in [0.5, 0.6) is 0 Å². The fraction of sp³-hybridized carbons (Fsp3) is 0.850. The third-order valence-corrected chi connectivity index (χ3v) is 7.20. The number of rotatable bonds is 2. The molecule has 4 atom stereocenters. The molecule has 124 valence electrons. The Labute approximate surface area is 135 Å². The minimum absolute atomic E-state index is 0.254. The topological polar surface area (TPSA) is 26.3 Å². The maximum atomic E-state index is 11.0. The molecule has 1 heterocycles. The minimum atomic E-state index is -0.254. The summed E-state index contributed by atoms with van der Waals surface area (Å²) >= 11 is 0. The summed E-state index contributed by atoms with van der Waals surface area (Å²) in [4.78, 5) is 11.0. The van der Waals surface area contributed by atoms with Gasteiger partial charge in [0.05, 0.1) is 12.2 Å². The van der Waals surface area contributed by atoms with Gasteiger partial charge in [-0.15, -0.1) is 0 Å². The molecule has 3 aliphatic rings. The van der Waals surface area contributed by atoms with Crippen molar-refractivity contribution in [3.05, 3.63) is 11.6 Å². The van der Waals surface area contributed by atoms with Crippen LogP contribution in [-0.2, 0) is 9.53 Å². The van der Waals surface area contributed by atoms with Gasteiger partial charge in [0.1, 0.15) is 6.29 Å². The molecule has 0 aromatic heterocycles. The molecule has 4 unspecified atom stereocenters. The van der Waals surface area contributed by atoms with Gasteiger partial charge < -0.3 is 9.53 Å². The Kier molecular flexibility index (Phi) is 4.04. The van der Waals surface area contributed by atoms with E-state index < -0.39 is 0 Å². The van der Waals surface area contributed by atoms with Gasteiger partial charge >= 0.3 is 0 Å². The van der Waals surface area contributed by atoms with E-state index in [1.807, 2.05) is 0 Å². The van der Waals surface area contributed by atoms with E-state index >= 15 is 0 Å². The van der Waals surface area contributed by atoms with Crippen LogP contribution < -0.4 is 0 Å². The molecule has 1 saturated heterocycles. The van der Waals surface area contributed by atoms with Crippen molar-refractivity contribution in [3.8, 4) is 0 Å². The number of fused-ring (bicyclic) bond motifs is 3. The molecule has 2 fully saturated rings. The molecule has 2 heteroatoms. The highest BCUT2D eigenvalue weighted by Crippen LogP contribution is 2.61. The summed E-state index contributed by atoms with van der Waals surface area (Å²) in [6, 6.07) is 0. The first-order valence-electron chi connectivity index (χ1n) is 9.07. The van der Waals surface area contributed by atoms with E-state index in [9.17, 15) is 4.79 Å². The number of allylic oxidation sites excluding steroid dienone is 1. The Morgan fingerprint density at radius 3 is 2.73 bits per heavy atom. The number of carbonyl (C=O) groups excluding carboxylic acids is 1. The lowest BCUT2D eigenvalue weighted by molar-refractivity contribution is -0.114. The van der Waals surface area contributed by atoms with Gasteiger partial charge in [0.15, 0.2) is 0 Å². The molecule has 2 aliphatic carbocycles. The first-order valence-corrected chi connectivity index (χ1v) is 9.07. The molecular weight excluding hydrogens is 272 g/mol. The van der Waals surface area contributed by atoms with Crippen LogP contribution in [0.2, 0.25) is 0 Å². The zero-order chi connectivity index (χ0) is 16.0. The van der Waals surface area contributed by atoms with Crippen molar-refractivity contribution >= 4 is 6.29 Å². The van der Waals surface area contributed by atoms with E-state index in [1.165, 1.54) is 37.7 Å². The smallest absolute Gasteiger partial charge is 0.122 e. The van der Waals surface area contributed by atoms with Gasteiger partial charge in [0.25, 0.3) is 0 Å². The van der Waals surface area contributed by atoms with Crippen molar-refractivity contribution in [2.75, 3.05) is 6.61 Å². The molecule has 2 nitrogen and oxygen atoms in total. The highest BCUT2D eigenvalue weighted by molar-refractivity contribution is 5.51. The van der Waals surface area contributed by atoms with Gasteiger partial charge in [-0.3, -0.25) is 0 Å². The van der Waals surface area contributed by atoms with Crippen LogP contribution >= 0.6 is 0 Å². The van der Waals surface area contributed by atoms with Crippen LogP contribution in [0.3, 0.4) is 0 Å². The molecule has 0 N–H and O–H groups in total. The lowest BCUT2D eigenvalue weighted by atomic mass is 9.48. The first kappa shape index (κ1) is 16.2. The van der Waals surface area contributed by atoms with Crippen molar-refractivity contribution in [1.29, 1.82) is 0 Å². The van der Waals surface area contributed by atoms with Crippen LogP contribution in [0.25, 0.3) is 0 Å². The molecule has 1 saturated carbocycles. The monoisotopic (exact) mass is 304 g/mol. The molecule has 0 aromatic carbocycles. The van der Waals surface area contributed by atoms with Gasteiger partial charge in [-0.1, -0.05) is 33.3 Å². The third kappa shape index (κ3) is 2.58. The number of hydrogen-bond acceptors (Lipinski definition) is 2. The molecule has 0 radical (unpaired) electrons. The molecule has 3 rings (SSSR count). The predicted octanol–water partition coefficient (Wildman–Crippen LogP) is 4.92. The Balaban J connectivity index is 1.89. The lowest BCUT2D eigenvalue weighted by Gasteiger charge is -2.57. The quantitative estimate of drug-likeness (QED) is 0.534. The highest BCUT2D eigenvalue weighted by atomic mass is 16.5. The van der Waals surface area contributed by atoms with Crippen molar-refractivity contribution in [2.45, 2.75) is 78.2 Å². The standard InChI is InChI=1S/C20H32O2/c1-18(2)9-5-10-20(4)16-8-11-19(3,12-13-21)22-14-15(16)6-7-17(18)20/h6,13,16-17H,5,7-12,14H2,1-4H3. The van der Waals surface area contributed by atoms with Crippen molar-refractivity contribution in [3.63, 3.8) is 0 Å². The summed E-state index contributed by atoms with van der Waals surface area (Å²) in [6.45, 7) is 10.3. The zero-order valence-electron chi connectivity index (χ0n) is 14.8. The van der Waals surface area contributed by atoms with E-state index in [4.69, 9.17) is 4.74 Å². The SMILES string of the molecule is CC1(CC=O)CCC2C(=CCC3C(C)(C)CCCC23C)CO1. The third-order valence-electron chi connectivity index (χ3n) is 7.20. The summed E-state index contributed by atoms with van der Waals surface area (Å²) in [6.07, 6.45) is 11.5. The van der Waals surface area contributed by atoms with Gasteiger partial charge in [-0.05, 0) is 67.3 Å². The number of hydrogen-bond donors (Lipinski definition) is 0. The molecule has 22 heavy (non-hydrogen) atoms. The van der Waals surface area contributed by atoms with E-state index in [-0.39, 0.29) is 5.60 Å². The molecular formula is C20H32O2. The fourth-order valence-corrected chi connectivity index (χ4v) is 5.80. The van der Waals surface area contributed by atoms with Gasteiger partial charge in [0.2, 0.25) is 0 Å². The van der Waals surface area contributed by atoms with Crippen molar-refractivity contribution in [1.82, 2.24) is 0 Å². The van der Waals surface area contributed by atoms with Crippen LogP contribution in [0.1, 0.15) is 72.6 Å². The summed E-state index contributed by atoms with van der Waals surface area (Å²) in [5, 5.41) is 0. The number of aldehydes is 1. The van der Waals surface area contributed by atoms with E-state index in [0.29, 0.717) is 23.2 Å². The Morgan fingerprint density at radius 2 is 2.00 bits per heavy atom. The van der Waals surface area contributed by atoms with Crippen LogP contribution in [-0.4, -0.2) is 18.5 Å². The second-order valence-corrected chi connectivity index (χ2v) is 9.12. The summed E-state index contributed by atoms with van der Waals surface area (Å²) < 4.78 is 6.18. The van der Waals surface area contributed by atoms with E-state index in [1.54, 1.807) is 0 Å². The van der Waals surface area contributed by atoms with Gasteiger partial charge in [-0.2, -0.15) is 0 Å². The zero-order valence-corrected chi connectivity index (χ0v) is 14.8. The van der Waals surface area contributed by atoms with E-state index in [2.05, 4.69) is 33.8 Å². The normalized spacial score (nSPS) is 44.3. The average Bonchev–Trinajstić information content (AvgIpc) is 2.59. The van der Waals surface area contributed by atoms with E-state index in [0.717, 1.165) is 25.2 Å².